The van der Waals surface area contributed by atoms with E-state index in [1.165, 1.54) is 0 Å². The lowest BCUT2D eigenvalue weighted by molar-refractivity contribution is 0.998. The van der Waals surface area contributed by atoms with Gasteiger partial charge in [-0.2, -0.15) is 5.10 Å². The number of hydrogen-bond donors (Lipinski definition) is 3. The number of amidine groups is 1. The van der Waals surface area contributed by atoms with E-state index in [4.69, 9.17) is 17.0 Å². The second kappa shape index (κ2) is 8.29. The molecule has 2 heterocycles. The van der Waals surface area contributed by atoms with Crippen LogP contribution in [-0.2, 0) is 6.42 Å². The molecule has 0 saturated heterocycles. The quantitative estimate of drug-likeness (QED) is 0.328. The monoisotopic (exact) mass is 401 g/mol. The first-order valence-electron chi connectivity index (χ1n) is 9.25. The molecule has 2 aromatic heterocycles. The molecule has 144 valence electrons. The Kier molecular flexibility index (Phi) is 5.40. The summed E-state index contributed by atoms with van der Waals surface area (Å²) in [5.74, 6) is 0.396. The highest BCUT2D eigenvalue weighted by Gasteiger charge is 2.17. The highest BCUT2D eigenvalue weighted by molar-refractivity contribution is 6.30. The minimum Gasteiger partial charge on any atom is -0.373 e. The average Bonchev–Trinajstić information content (AvgIpc) is 3.18. The molecule has 5 nitrogen and oxygen atoms in total. The topological polar surface area (TPSA) is 77.5 Å². The predicted octanol–water partition coefficient (Wildman–Crippen LogP) is 4.93. The van der Waals surface area contributed by atoms with Crippen molar-refractivity contribution in [3.63, 3.8) is 0 Å². The van der Waals surface area contributed by atoms with Crippen LogP contribution in [0.5, 0.6) is 0 Å². The standard InChI is InChI=1S/C23H20ClN5/c1-26-23(25)18-4-2-3-15(13-18)14-20-21(16-9-11-27-12-10-16)22(29-28-20)17-5-7-19(24)8-6-17/h2-13H,14H2,1H3,(H2,25,26)(H,28,29). The van der Waals surface area contributed by atoms with Gasteiger partial charge in [-0.25, -0.2) is 0 Å². The Morgan fingerprint density at radius 1 is 1.03 bits per heavy atom. The molecule has 4 rings (SSSR count). The molecule has 0 atom stereocenters. The first-order valence-corrected chi connectivity index (χ1v) is 9.62. The van der Waals surface area contributed by atoms with Crippen LogP contribution in [0.1, 0.15) is 16.8 Å². The molecule has 2 aromatic carbocycles. The smallest absolute Gasteiger partial charge is 0.125 e. The SMILES string of the molecule is CNC(=N)c1cccc(Cc2[nH]nc(-c3ccc(Cl)cc3)c2-c2ccncc2)c1. The molecule has 0 aliphatic carbocycles. The lowest BCUT2D eigenvalue weighted by Gasteiger charge is -2.09. The maximum atomic E-state index is 8.02. The number of aromatic amines is 1. The molecule has 0 fully saturated rings. The Labute approximate surface area is 174 Å². The lowest BCUT2D eigenvalue weighted by atomic mass is 9.96. The van der Waals surface area contributed by atoms with Crippen molar-refractivity contribution in [2.45, 2.75) is 6.42 Å². The molecular formula is C23H20ClN5. The molecule has 0 unspecified atom stereocenters. The molecule has 3 N–H and O–H groups in total. The highest BCUT2D eigenvalue weighted by atomic mass is 35.5. The molecule has 0 amide bonds. The van der Waals surface area contributed by atoms with E-state index in [1.54, 1.807) is 19.4 Å². The summed E-state index contributed by atoms with van der Waals surface area (Å²) in [6, 6.07) is 19.6. The van der Waals surface area contributed by atoms with Gasteiger partial charge >= 0.3 is 0 Å². The number of H-pyrrole nitrogens is 1. The number of hydrogen-bond acceptors (Lipinski definition) is 3. The van der Waals surface area contributed by atoms with Crippen molar-refractivity contribution in [3.8, 4) is 22.4 Å². The van der Waals surface area contributed by atoms with Gasteiger partial charge in [0.1, 0.15) is 11.5 Å². The van der Waals surface area contributed by atoms with E-state index < -0.39 is 0 Å². The average molecular weight is 402 g/mol. The second-order valence-corrected chi connectivity index (χ2v) is 7.11. The van der Waals surface area contributed by atoms with Gasteiger partial charge in [-0.3, -0.25) is 15.5 Å². The third-order valence-corrected chi connectivity index (χ3v) is 5.03. The Balaban J connectivity index is 1.78. The van der Waals surface area contributed by atoms with Gasteiger partial charge in [0.2, 0.25) is 0 Å². The van der Waals surface area contributed by atoms with Gasteiger partial charge in [0.05, 0.1) is 0 Å². The van der Waals surface area contributed by atoms with Gasteiger partial charge in [0.25, 0.3) is 0 Å². The van der Waals surface area contributed by atoms with E-state index >= 15 is 0 Å². The number of nitrogens with zero attached hydrogens (tertiary/aromatic N) is 2. The molecular weight excluding hydrogens is 382 g/mol. The van der Waals surface area contributed by atoms with Crippen LogP contribution in [0.2, 0.25) is 5.02 Å². The fraction of sp³-hybridized carbons (Fsp3) is 0.0870. The Bertz CT molecular complexity index is 1130. The van der Waals surface area contributed by atoms with Crippen molar-refractivity contribution in [2.24, 2.45) is 0 Å². The third kappa shape index (κ3) is 4.05. The summed E-state index contributed by atoms with van der Waals surface area (Å²) in [5, 5.41) is 19.4. The summed E-state index contributed by atoms with van der Waals surface area (Å²) in [7, 11) is 1.75. The van der Waals surface area contributed by atoms with Crippen LogP contribution in [0.25, 0.3) is 22.4 Å². The number of benzene rings is 2. The van der Waals surface area contributed by atoms with Crippen molar-refractivity contribution < 1.29 is 0 Å². The number of rotatable bonds is 5. The Morgan fingerprint density at radius 3 is 2.52 bits per heavy atom. The fourth-order valence-corrected chi connectivity index (χ4v) is 3.46. The summed E-state index contributed by atoms with van der Waals surface area (Å²) in [6.45, 7) is 0. The molecule has 0 radical (unpaired) electrons. The molecule has 0 saturated carbocycles. The number of aromatic nitrogens is 3. The second-order valence-electron chi connectivity index (χ2n) is 6.67. The lowest BCUT2D eigenvalue weighted by Crippen LogP contribution is -2.17. The molecule has 0 spiro atoms. The zero-order valence-corrected chi connectivity index (χ0v) is 16.7. The van der Waals surface area contributed by atoms with E-state index in [9.17, 15) is 0 Å². The number of halogens is 1. The van der Waals surface area contributed by atoms with E-state index in [1.807, 2.05) is 54.6 Å². The number of nitrogens with one attached hydrogen (secondary N) is 3. The summed E-state index contributed by atoms with van der Waals surface area (Å²) >= 11 is 6.06. The zero-order chi connectivity index (χ0) is 20.2. The molecule has 0 aliphatic heterocycles. The van der Waals surface area contributed by atoms with Crippen molar-refractivity contribution in [3.05, 3.63) is 94.9 Å². The van der Waals surface area contributed by atoms with E-state index in [2.05, 4.69) is 26.6 Å². The van der Waals surface area contributed by atoms with Crippen LogP contribution < -0.4 is 5.32 Å². The van der Waals surface area contributed by atoms with Crippen molar-refractivity contribution in [1.29, 1.82) is 5.41 Å². The summed E-state index contributed by atoms with van der Waals surface area (Å²) in [4.78, 5) is 4.14. The van der Waals surface area contributed by atoms with Crippen molar-refractivity contribution in [2.75, 3.05) is 7.05 Å². The summed E-state index contributed by atoms with van der Waals surface area (Å²) in [5.41, 5.74) is 6.93. The van der Waals surface area contributed by atoms with Gasteiger partial charge < -0.3 is 5.32 Å². The maximum absolute atomic E-state index is 8.02. The Morgan fingerprint density at radius 2 is 1.79 bits per heavy atom. The van der Waals surface area contributed by atoms with Gasteiger partial charge in [0, 0.05) is 53.3 Å². The third-order valence-electron chi connectivity index (χ3n) is 4.77. The van der Waals surface area contributed by atoms with Crippen LogP contribution in [0, 0.1) is 5.41 Å². The maximum Gasteiger partial charge on any atom is 0.125 e. The van der Waals surface area contributed by atoms with Crippen LogP contribution in [0.3, 0.4) is 0 Å². The van der Waals surface area contributed by atoms with Gasteiger partial charge in [-0.05, 0) is 41.5 Å². The van der Waals surface area contributed by atoms with Crippen molar-refractivity contribution >= 4 is 17.4 Å². The first kappa shape index (κ1) is 18.9. The minimum atomic E-state index is 0.396. The van der Waals surface area contributed by atoms with Crippen LogP contribution in [0.15, 0.2) is 73.1 Å². The van der Waals surface area contributed by atoms with Crippen LogP contribution in [-0.4, -0.2) is 28.1 Å². The van der Waals surface area contributed by atoms with Crippen LogP contribution >= 0.6 is 11.6 Å². The zero-order valence-electron chi connectivity index (χ0n) is 15.9. The summed E-state index contributed by atoms with van der Waals surface area (Å²) in [6.07, 6.45) is 4.24. The van der Waals surface area contributed by atoms with E-state index in [0.717, 1.165) is 39.2 Å². The normalized spacial score (nSPS) is 10.7. The van der Waals surface area contributed by atoms with Crippen molar-refractivity contribution in [1.82, 2.24) is 20.5 Å². The first-order chi connectivity index (χ1) is 14.2. The molecule has 4 aromatic rings. The summed E-state index contributed by atoms with van der Waals surface area (Å²) < 4.78 is 0. The van der Waals surface area contributed by atoms with E-state index in [0.29, 0.717) is 17.3 Å². The van der Waals surface area contributed by atoms with E-state index in [-0.39, 0.29) is 0 Å². The van der Waals surface area contributed by atoms with Crippen LogP contribution in [0.4, 0.5) is 0 Å². The molecule has 29 heavy (non-hydrogen) atoms. The van der Waals surface area contributed by atoms with Gasteiger partial charge in [-0.15, -0.1) is 0 Å². The molecule has 6 heteroatoms. The Hall–Kier alpha value is -3.44. The fourth-order valence-electron chi connectivity index (χ4n) is 3.34. The highest BCUT2D eigenvalue weighted by Crippen LogP contribution is 2.34. The predicted molar refractivity (Wildman–Crippen MR) is 117 cm³/mol. The minimum absolute atomic E-state index is 0.396. The number of pyridine rings is 1. The molecule has 0 bridgehead atoms. The van der Waals surface area contributed by atoms with Gasteiger partial charge in [-0.1, -0.05) is 41.9 Å². The van der Waals surface area contributed by atoms with Gasteiger partial charge in [0.15, 0.2) is 0 Å². The molecule has 0 aliphatic rings. The largest absolute Gasteiger partial charge is 0.373 e.